The number of benzene rings is 1. The molecule has 0 amide bonds. The Morgan fingerprint density at radius 3 is 2.33 bits per heavy atom. The first-order chi connectivity index (χ1) is 6.97. The average molecular weight is 208 g/mol. The molecule has 1 aromatic carbocycles. The Morgan fingerprint density at radius 2 is 1.80 bits per heavy atom. The van der Waals surface area contributed by atoms with E-state index in [1.165, 1.54) is 0 Å². The summed E-state index contributed by atoms with van der Waals surface area (Å²) >= 11 is 0. The molecule has 1 N–H and O–H groups in total. The van der Waals surface area contributed by atoms with Crippen molar-refractivity contribution in [3.05, 3.63) is 30.3 Å². The first-order valence-electron chi connectivity index (χ1n) is 5.33. The number of ether oxygens (including phenoxy) is 1. The molecule has 0 radical (unpaired) electrons. The molecule has 1 rings (SSSR count). The first kappa shape index (κ1) is 12.1. The van der Waals surface area contributed by atoms with Crippen LogP contribution in [0.25, 0.3) is 0 Å². The summed E-state index contributed by atoms with van der Waals surface area (Å²) < 4.78 is 5.46. The van der Waals surface area contributed by atoms with Crippen LogP contribution in [-0.2, 0) is 0 Å². The highest BCUT2D eigenvalue weighted by molar-refractivity contribution is 5.20. The third kappa shape index (κ3) is 5.43. The van der Waals surface area contributed by atoms with Crippen molar-refractivity contribution in [1.82, 2.24) is 0 Å². The van der Waals surface area contributed by atoms with E-state index in [9.17, 15) is 5.11 Å². The molecule has 0 saturated carbocycles. The van der Waals surface area contributed by atoms with E-state index < -0.39 is 6.10 Å². The van der Waals surface area contributed by atoms with Gasteiger partial charge in [0.1, 0.15) is 12.4 Å². The predicted octanol–water partition coefficient (Wildman–Crippen LogP) is 2.86. The van der Waals surface area contributed by atoms with Crippen LogP contribution in [0.3, 0.4) is 0 Å². The van der Waals surface area contributed by atoms with Gasteiger partial charge in [0.05, 0.1) is 6.10 Å². The predicted molar refractivity (Wildman–Crippen MR) is 62.0 cm³/mol. The lowest BCUT2D eigenvalue weighted by Crippen LogP contribution is -2.23. The normalized spacial score (nSPS) is 13.6. The Labute approximate surface area is 91.9 Å². The minimum absolute atomic E-state index is 0.138. The van der Waals surface area contributed by atoms with Gasteiger partial charge in [0.15, 0.2) is 0 Å². The summed E-state index contributed by atoms with van der Waals surface area (Å²) in [5.41, 5.74) is 0.138. The van der Waals surface area contributed by atoms with E-state index >= 15 is 0 Å². The Hall–Kier alpha value is -1.02. The molecule has 0 bridgehead atoms. The quantitative estimate of drug-likeness (QED) is 0.824. The molecule has 0 heterocycles. The maximum absolute atomic E-state index is 9.72. The zero-order valence-corrected chi connectivity index (χ0v) is 9.73. The van der Waals surface area contributed by atoms with Crippen molar-refractivity contribution in [2.45, 2.75) is 33.3 Å². The van der Waals surface area contributed by atoms with Gasteiger partial charge in [-0.15, -0.1) is 0 Å². The largest absolute Gasteiger partial charge is 0.491 e. The van der Waals surface area contributed by atoms with Crippen LogP contribution < -0.4 is 4.74 Å². The third-order valence-electron chi connectivity index (χ3n) is 2.03. The molecule has 1 unspecified atom stereocenters. The lowest BCUT2D eigenvalue weighted by molar-refractivity contribution is 0.0710. The van der Waals surface area contributed by atoms with Gasteiger partial charge in [-0.1, -0.05) is 39.0 Å². The monoisotopic (exact) mass is 208 g/mol. The van der Waals surface area contributed by atoms with Gasteiger partial charge in [-0.05, 0) is 24.0 Å². The Balaban J connectivity index is 2.32. The highest BCUT2D eigenvalue weighted by atomic mass is 16.5. The smallest absolute Gasteiger partial charge is 0.119 e. The van der Waals surface area contributed by atoms with E-state index in [1.54, 1.807) is 0 Å². The van der Waals surface area contributed by atoms with E-state index in [4.69, 9.17) is 4.74 Å². The minimum Gasteiger partial charge on any atom is -0.491 e. The molecule has 0 fully saturated rings. The van der Waals surface area contributed by atoms with Crippen molar-refractivity contribution in [2.75, 3.05) is 6.61 Å². The minimum atomic E-state index is -0.398. The molecule has 2 heteroatoms. The molecule has 84 valence electrons. The van der Waals surface area contributed by atoms with Crippen LogP contribution in [0, 0.1) is 5.41 Å². The summed E-state index contributed by atoms with van der Waals surface area (Å²) in [4.78, 5) is 0. The third-order valence-corrected chi connectivity index (χ3v) is 2.03. The fourth-order valence-electron chi connectivity index (χ4n) is 1.47. The van der Waals surface area contributed by atoms with Crippen LogP contribution in [0.15, 0.2) is 30.3 Å². The number of rotatable bonds is 4. The van der Waals surface area contributed by atoms with Gasteiger partial charge in [-0.3, -0.25) is 0 Å². The second-order valence-electron chi connectivity index (χ2n) is 5.04. The van der Waals surface area contributed by atoms with E-state index in [0.717, 1.165) is 12.2 Å². The van der Waals surface area contributed by atoms with E-state index in [1.807, 2.05) is 30.3 Å². The molecule has 2 nitrogen and oxygen atoms in total. The van der Waals surface area contributed by atoms with Crippen LogP contribution in [0.1, 0.15) is 27.2 Å². The Morgan fingerprint density at radius 1 is 1.20 bits per heavy atom. The summed E-state index contributed by atoms with van der Waals surface area (Å²) in [6.45, 7) is 6.69. The number of aliphatic hydroxyl groups excluding tert-OH is 1. The second-order valence-corrected chi connectivity index (χ2v) is 5.04. The van der Waals surface area contributed by atoms with Crippen molar-refractivity contribution in [1.29, 1.82) is 0 Å². The number of hydrogen-bond donors (Lipinski definition) is 1. The van der Waals surface area contributed by atoms with Crippen molar-refractivity contribution in [3.63, 3.8) is 0 Å². The molecule has 0 aliphatic rings. The highest BCUT2D eigenvalue weighted by Gasteiger charge is 2.16. The lowest BCUT2D eigenvalue weighted by atomic mass is 9.89. The molecule has 1 atom stereocenters. The number of aliphatic hydroxyl groups is 1. The molecular formula is C13H20O2. The van der Waals surface area contributed by atoms with Crippen LogP contribution in [0.5, 0.6) is 5.75 Å². The van der Waals surface area contributed by atoms with E-state index in [0.29, 0.717) is 6.61 Å². The number of hydrogen-bond acceptors (Lipinski definition) is 2. The van der Waals surface area contributed by atoms with Crippen molar-refractivity contribution >= 4 is 0 Å². The van der Waals surface area contributed by atoms with Crippen LogP contribution in [-0.4, -0.2) is 17.8 Å². The summed E-state index contributed by atoms with van der Waals surface area (Å²) in [5, 5.41) is 9.72. The summed E-state index contributed by atoms with van der Waals surface area (Å²) in [7, 11) is 0. The van der Waals surface area contributed by atoms with Crippen LogP contribution in [0.2, 0.25) is 0 Å². The van der Waals surface area contributed by atoms with Crippen molar-refractivity contribution in [2.24, 2.45) is 5.41 Å². The molecule has 15 heavy (non-hydrogen) atoms. The van der Waals surface area contributed by atoms with E-state index in [2.05, 4.69) is 20.8 Å². The Kier molecular flexibility index (Phi) is 4.15. The SMILES string of the molecule is CC(C)(C)CC(O)COc1ccccc1. The van der Waals surface area contributed by atoms with Crippen molar-refractivity contribution in [3.8, 4) is 5.75 Å². The molecule has 1 aromatic rings. The molecule has 0 aromatic heterocycles. The first-order valence-corrected chi connectivity index (χ1v) is 5.33. The lowest BCUT2D eigenvalue weighted by Gasteiger charge is -2.22. The fraction of sp³-hybridized carbons (Fsp3) is 0.538. The standard InChI is InChI=1S/C13H20O2/c1-13(2,3)9-11(14)10-15-12-7-5-4-6-8-12/h4-8,11,14H,9-10H2,1-3H3. The van der Waals surface area contributed by atoms with Gasteiger partial charge < -0.3 is 9.84 Å². The number of para-hydroxylation sites is 1. The van der Waals surface area contributed by atoms with Gasteiger partial charge in [-0.25, -0.2) is 0 Å². The van der Waals surface area contributed by atoms with Gasteiger partial charge in [0.25, 0.3) is 0 Å². The maximum Gasteiger partial charge on any atom is 0.119 e. The maximum atomic E-state index is 9.72. The summed E-state index contributed by atoms with van der Waals surface area (Å²) in [5.74, 6) is 0.811. The highest BCUT2D eigenvalue weighted by Crippen LogP contribution is 2.21. The van der Waals surface area contributed by atoms with Gasteiger partial charge in [0.2, 0.25) is 0 Å². The zero-order valence-electron chi connectivity index (χ0n) is 9.73. The molecule has 0 spiro atoms. The second kappa shape index (κ2) is 5.17. The fourth-order valence-corrected chi connectivity index (χ4v) is 1.47. The van der Waals surface area contributed by atoms with Gasteiger partial charge >= 0.3 is 0 Å². The Bertz CT molecular complexity index is 274. The van der Waals surface area contributed by atoms with Crippen LogP contribution in [0.4, 0.5) is 0 Å². The zero-order chi connectivity index (χ0) is 11.3. The van der Waals surface area contributed by atoms with E-state index in [-0.39, 0.29) is 5.41 Å². The summed E-state index contributed by atoms with van der Waals surface area (Å²) in [6.07, 6.45) is 0.352. The molecule has 0 aliphatic heterocycles. The molecular weight excluding hydrogens is 188 g/mol. The van der Waals surface area contributed by atoms with Crippen LogP contribution >= 0.6 is 0 Å². The van der Waals surface area contributed by atoms with Gasteiger partial charge in [0, 0.05) is 0 Å². The summed E-state index contributed by atoms with van der Waals surface area (Å²) in [6, 6.07) is 9.57. The van der Waals surface area contributed by atoms with Gasteiger partial charge in [-0.2, -0.15) is 0 Å². The molecule has 0 aliphatic carbocycles. The molecule has 0 saturated heterocycles. The topological polar surface area (TPSA) is 29.5 Å². The average Bonchev–Trinajstić information content (AvgIpc) is 2.14. The van der Waals surface area contributed by atoms with Crippen molar-refractivity contribution < 1.29 is 9.84 Å².